The lowest BCUT2D eigenvalue weighted by Gasteiger charge is -2.36. The number of aromatic nitrogens is 2. The van der Waals surface area contributed by atoms with Gasteiger partial charge in [-0.25, -0.2) is 9.97 Å². The van der Waals surface area contributed by atoms with Gasteiger partial charge in [0.05, 0.1) is 11.3 Å². The molecule has 4 heteroatoms. The number of unbranched alkanes of at least 4 members (excludes halogenated alkanes) is 2. The summed E-state index contributed by atoms with van der Waals surface area (Å²) in [6.45, 7) is 8.43. The highest BCUT2D eigenvalue weighted by Crippen LogP contribution is 2.53. The van der Waals surface area contributed by atoms with Crippen molar-refractivity contribution >= 4 is 0 Å². The Labute approximate surface area is 172 Å². The van der Waals surface area contributed by atoms with Gasteiger partial charge in [-0.05, 0) is 56.9 Å². The van der Waals surface area contributed by atoms with Crippen molar-refractivity contribution in [3.8, 4) is 33.9 Å². The Kier molecular flexibility index (Phi) is 5.03. The predicted octanol–water partition coefficient (Wildman–Crippen LogP) is 6.18. The number of aryl methyl sites for hydroxylation is 2. The molecule has 2 heterocycles. The van der Waals surface area contributed by atoms with Crippen LogP contribution in [-0.2, 0) is 12.0 Å². The molecule has 1 aromatic heterocycles. The summed E-state index contributed by atoms with van der Waals surface area (Å²) < 4.78 is 6.41. The molecule has 0 spiro atoms. The summed E-state index contributed by atoms with van der Waals surface area (Å²) in [7, 11) is 0. The van der Waals surface area contributed by atoms with Gasteiger partial charge in [-0.2, -0.15) is 0 Å². The number of hydrogen-bond donors (Lipinski definition) is 1. The van der Waals surface area contributed by atoms with Crippen LogP contribution in [0.3, 0.4) is 0 Å². The molecule has 3 aromatic rings. The summed E-state index contributed by atoms with van der Waals surface area (Å²) in [5, 5.41) is 11.5. The molecule has 150 valence electrons. The molecule has 0 unspecified atom stereocenters. The van der Waals surface area contributed by atoms with Crippen LogP contribution in [0, 0.1) is 6.92 Å². The highest BCUT2D eigenvalue weighted by Gasteiger charge is 2.35. The predicted molar refractivity (Wildman–Crippen MR) is 116 cm³/mol. The Morgan fingerprint density at radius 2 is 1.90 bits per heavy atom. The molecular weight excluding hydrogens is 360 g/mol. The Morgan fingerprint density at radius 3 is 2.62 bits per heavy atom. The zero-order valence-electron chi connectivity index (χ0n) is 17.6. The number of benzene rings is 2. The van der Waals surface area contributed by atoms with Crippen molar-refractivity contribution in [1.29, 1.82) is 0 Å². The summed E-state index contributed by atoms with van der Waals surface area (Å²) in [5.74, 6) is 0.991. The van der Waals surface area contributed by atoms with Crippen LogP contribution in [0.1, 0.15) is 56.7 Å². The average molecular weight is 389 g/mol. The molecule has 0 atom stereocenters. The summed E-state index contributed by atoms with van der Waals surface area (Å²) in [4.78, 5) is 8.48. The van der Waals surface area contributed by atoms with Crippen molar-refractivity contribution in [1.82, 2.24) is 9.97 Å². The van der Waals surface area contributed by atoms with Gasteiger partial charge in [-0.3, -0.25) is 0 Å². The van der Waals surface area contributed by atoms with Gasteiger partial charge in [0, 0.05) is 17.3 Å². The maximum atomic E-state index is 11.5. The van der Waals surface area contributed by atoms with Crippen LogP contribution in [0.5, 0.6) is 11.5 Å². The van der Waals surface area contributed by atoms with E-state index in [9.17, 15) is 5.11 Å². The molecule has 2 aromatic carbocycles. The SMILES string of the molecule is CCCCCc1cc2c(c(O)c1-c1ccncn1)-c1cc(C)ccc1C(C)(C)O2. The molecule has 0 aliphatic carbocycles. The van der Waals surface area contributed by atoms with Gasteiger partial charge < -0.3 is 9.84 Å². The Balaban J connectivity index is 1.98. The maximum absolute atomic E-state index is 11.5. The minimum absolute atomic E-state index is 0.245. The number of phenolic OH excluding ortho intramolecular Hbond substituents is 1. The second kappa shape index (κ2) is 7.51. The first-order valence-corrected chi connectivity index (χ1v) is 10.4. The van der Waals surface area contributed by atoms with Crippen LogP contribution in [0.15, 0.2) is 42.9 Å². The monoisotopic (exact) mass is 388 g/mol. The standard InChI is InChI=1S/C25H28N2O2/c1-5-6-7-8-17-14-21-23(24(28)22(17)20-11-12-26-15-27-20)18-13-16(2)9-10-19(18)25(3,4)29-21/h9-15,28H,5-8H2,1-4H3. The maximum Gasteiger partial charge on any atom is 0.136 e. The number of rotatable bonds is 5. The molecule has 0 amide bonds. The van der Waals surface area contributed by atoms with Crippen LogP contribution in [0.25, 0.3) is 22.4 Å². The Hall–Kier alpha value is -2.88. The van der Waals surface area contributed by atoms with Crippen molar-refractivity contribution in [3.63, 3.8) is 0 Å². The van der Waals surface area contributed by atoms with Gasteiger partial charge in [0.15, 0.2) is 0 Å². The number of hydrogen-bond acceptors (Lipinski definition) is 4. The summed E-state index contributed by atoms with van der Waals surface area (Å²) >= 11 is 0. The minimum Gasteiger partial charge on any atom is -0.506 e. The number of ether oxygens (including phenoxy) is 1. The van der Waals surface area contributed by atoms with Gasteiger partial charge in [-0.15, -0.1) is 0 Å². The molecule has 0 fully saturated rings. The third-order valence-corrected chi connectivity index (χ3v) is 5.69. The fourth-order valence-electron chi connectivity index (χ4n) is 4.24. The van der Waals surface area contributed by atoms with Gasteiger partial charge in [0.25, 0.3) is 0 Å². The fraction of sp³-hybridized carbons (Fsp3) is 0.360. The first-order chi connectivity index (χ1) is 13.9. The molecule has 4 nitrogen and oxygen atoms in total. The third kappa shape index (κ3) is 3.48. The van der Waals surface area contributed by atoms with Crippen molar-refractivity contribution in [2.75, 3.05) is 0 Å². The topological polar surface area (TPSA) is 55.2 Å². The van der Waals surface area contributed by atoms with E-state index in [2.05, 4.69) is 61.9 Å². The number of fused-ring (bicyclic) bond motifs is 3. The average Bonchev–Trinajstić information content (AvgIpc) is 2.68. The van der Waals surface area contributed by atoms with Gasteiger partial charge in [0.2, 0.25) is 0 Å². The normalized spacial score (nSPS) is 14.1. The number of nitrogens with zero attached hydrogens (tertiary/aromatic N) is 2. The van der Waals surface area contributed by atoms with Gasteiger partial charge >= 0.3 is 0 Å². The first-order valence-electron chi connectivity index (χ1n) is 10.4. The van der Waals surface area contributed by atoms with E-state index in [-0.39, 0.29) is 5.75 Å². The fourth-order valence-corrected chi connectivity index (χ4v) is 4.24. The second-order valence-electron chi connectivity index (χ2n) is 8.35. The lowest BCUT2D eigenvalue weighted by Crippen LogP contribution is -2.29. The lowest BCUT2D eigenvalue weighted by molar-refractivity contribution is 0.105. The van der Waals surface area contributed by atoms with E-state index in [0.717, 1.165) is 70.5 Å². The smallest absolute Gasteiger partial charge is 0.136 e. The van der Waals surface area contributed by atoms with E-state index in [1.54, 1.807) is 6.20 Å². The number of phenols is 1. The van der Waals surface area contributed by atoms with E-state index in [0.29, 0.717) is 0 Å². The van der Waals surface area contributed by atoms with Crippen molar-refractivity contribution in [3.05, 3.63) is 59.5 Å². The molecule has 1 N–H and O–H groups in total. The van der Waals surface area contributed by atoms with Crippen molar-refractivity contribution in [2.24, 2.45) is 0 Å². The first kappa shape index (κ1) is 19.4. The van der Waals surface area contributed by atoms with Crippen LogP contribution < -0.4 is 4.74 Å². The molecule has 1 aliphatic rings. The quantitative estimate of drug-likeness (QED) is 0.530. The van der Waals surface area contributed by atoms with Gasteiger partial charge in [-0.1, -0.05) is 43.5 Å². The van der Waals surface area contributed by atoms with Crippen LogP contribution >= 0.6 is 0 Å². The summed E-state index contributed by atoms with van der Waals surface area (Å²) in [6.07, 6.45) is 7.48. The van der Waals surface area contributed by atoms with Crippen LogP contribution in [0.2, 0.25) is 0 Å². The minimum atomic E-state index is -0.459. The zero-order valence-corrected chi connectivity index (χ0v) is 17.6. The third-order valence-electron chi connectivity index (χ3n) is 5.69. The van der Waals surface area contributed by atoms with Crippen molar-refractivity contribution < 1.29 is 9.84 Å². The molecule has 0 radical (unpaired) electrons. The van der Waals surface area contributed by atoms with E-state index < -0.39 is 5.60 Å². The molecule has 4 rings (SSSR count). The summed E-state index contributed by atoms with van der Waals surface area (Å²) in [5.41, 5.74) is 6.17. The molecular formula is C25H28N2O2. The molecule has 29 heavy (non-hydrogen) atoms. The molecule has 0 saturated carbocycles. The van der Waals surface area contributed by atoms with Crippen LogP contribution in [0.4, 0.5) is 0 Å². The number of aromatic hydroxyl groups is 1. The van der Waals surface area contributed by atoms with Crippen LogP contribution in [-0.4, -0.2) is 15.1 Å². The van der Waals surface area contributed by atoms with E-state index in [4.69, 9.17) is 4.74 Å². The highest BCUT2D eigenvalue weighted by atomic mass is 16.5. The Morgan fingerprint density at radius 1 is 1.07 bits per heavy atom. The van der Waals surface area contributed by atoms with Gasteiger partial charge in [0.1, 0.15) is 23.4 Å². The Bertz CT molecular complexity index is 1040. The second-order valence-corrected chi connectivity index (χ2v) is 8.35. The molecule has 0 bridgehead atoms. The van der Waals surface area contributed by atoms with E-state index >= 15 is 0 Å². The molecule has 0 saturated heterocycles. The lowest BCUT2D eigenvalue weighted by atomic mass is 9.82. The highest BCUT2D eigenvalue weighted by molar-refractivity contribution is 5.89. The summed E-state index contributed by atoms with van der Waals surface area (Å²) in [6, 6.07) is 10.3. The zero-order chi connectivity index (χ0) is 20.6. The van der Waals surface area contributed by atoms with Crippen molar-refractivity contribution in [2.45, 2.75) is 59.0 Å². The largest absolute Gasteiger partial charge is 0.506 e. The van der Waals surface area contributed by atoms with E-state index in [1.165, 1.54) is 6.33 Å². The van der Waals surface area contributed by atoms with E-state index in [1.807, 2.05) is 6.07 Å². The molecule has 1 aliphatic heterocycles.